The number of hydrogen-bond donors (Lipinski definition) is 1. The Balaban J connectivity index is 1.45. The van der Waals surface area contributed by atoms with Crippen molar-refractivity contribution < 1.29 is 9.59 Å². The first-order chi connectivity index (χ1) is 10.2. The summed E-state index contributed by atoms with van der Waals surface area (Å²) in [6.07, 6.45) is 7.16. The molecule has 2 fully saturated rings. The molecule has 1 saturated carbocycles. The smallest absolute Gasteiger partial charge is 0.225 e. The normalized spacial score (nSPS) is 21.9. The number of carbonyl (C=O) groups excluding carboxylic acids is 2. The summed E-state index contributed by atoms with van der Waals surface area (Å²) in [7, 11) is 0. The van der Waals surface area contributed by atoms with Crippen molar-refractivity contribution in [3.63, 3.8) is 0 Å². The molecule has 0 spiro atoms. The van der Waals surface area contributed by atoms with Crippen molar-refractivity contribution >= 4 is 11.8 Å². The minimum Gasteiger partial charge on any atom is -0.354 e. The standard InChI is InChI=1S/C15H22N4O2/c1-2-13-16-5-7-18(13)8-6-17-15(21)11-9-14(20)19(10-11)12-3-4-12/h5,7,11-12H,2-4,6,8-10H2,1H3,(H,17,21)/t11-/m1/s1. The van der Waals surface area contributed by atoms with Gasteiger partial charge in [-0.25, -0.2) is 4.98 Å². The number of aromatic nitrogens is 2. The van der Waals surface area contributed by atoms with E-state index in [1.165, 1.54) is 0 Å². The zero-order chi connectivity index (χ0) is 14.8. The van der Waals surface area contributed by atoms with Crippen LogP contribution in [-0.4, -0.2) is 45.4 Å². The summed E-state index contributed by atoms with van der Waals surface area (Å²) >= 11 is 0. The molecule has 0 unspecified atom stereocenters. The van der Waals surface area contributed by atoms with Crippen LogP contribution in [0.2, 0.25) is 0 Å². The highest BCUT2D eigenvalue weighted by atomic mass is 16.2. The third kappa shape index (κ3) is 3.09. The first-order valence-electron chi connectivity index (χ1n) is 7.76. The monoisotopic (exact) mass is 290 g/mol. The first kappa shape index (κ1) is 14.1. The predicted molar refractivity (Wildman–Crippen MR) is 77.5 cm³/mol. The summed E-state index contributed by atoms with van der Waals surface area (Å²) in [5.41, 5.74) is 0. The zero-order valence-electron chi connectivity index (χ0n) is 12.4. The maximum Gasteiger partial charge on any atom is 0.225 e. The fourth-order valence-corrected chi connectivity index (χ4v) is 2.95. The van der Waals surface area contributed by atoms with Gasteiger partial charge in [0.05, 0.1) is 5.92 Å². The third-order valence-electron chi connectivity index (χ3n) is 4.29. The molecule has 1 aliphatic carbocycles. The number of imidazole rings is 1. The molecule has 0 bridgehead atoms. The van der Waals surface area contributed by atoms with Gasteiger partial charge in [-0.05, 0) is 12.8 Å². The quantitative estimate of drug-likeness (QED) is 0.833. The Labute approximate surface area is 124 Å². The molecule has 1 aromatic heterocycles. The lowest BCUT2D eigenvalue weighted by atomic mass is 10.1. The van der Waals surface area contributed by atoms with E-state index in [-0.39, 0.29) is 17.7 Å². The predicted octanol–water partition coefficient (Wildman–Crippen LogP) is 0.573. The molecule has 6 nitrogen and oxygen atoms in total. The molecule has 6 heteroatoms. The average Bonchev–Trinajstić information content (AvgIpc) is 3.09. The molecule has 1 atom stereocenters. The van der Waals surface area contributed by atoms with Gasteiger partial charge in [0, 0.05) is 50.9 Å². The molecule has 2 heterocycles. The van der Waals surface area contributed by atoms with E-state index in [0.29, 0.717) is 25.6 Å². The highest BCUT2D eigenvalue weighted by Crippen LogP contribution is 2.32. The van der Waals surface area contributed by atoms with Gasteiger partial charge in [0.15, 0.2) is 0 Å². The van der Waals surface area contributed by atoms with Crippen molar-refractivity contribution in [2.45, 2.75) is 45.2 Å². The highest BCUT2D eigenvalue weighted by Gasteiger charge is 2.41. The molecular weight excluding hydrogens is 268 g/mol. The van der Waals surface area contributed by atoms with Crippen molar-refractivity contribution in [3.8, 4) is 0 Å². The Morgan fingerprint density at radius 1 is 1.48 bits per heavy atom. The van der Waals surface area contributed by atoms with Crippen molar-refractivity contribution in [3.05, 3.63) is 18.2 Å². The van der Waals surface area contributed by atoms with Gasteiger partial charge >= 0.3 is 0 Å². The van der Waals surface area contributed by atoms with Crippen LogP contribution in [0.15, 0.2) is 12.4 Å². The molecule has 3 rings (SSSR count). The van der Waals surface area contributed by atoms with Crippen LogP contribution in [0, 0.1) is 5.92 Å². The lowest BCUT2D eigenvalue weighted by molar-refractivity contribution is -0.129. The van der Waals surface area contributed by atoms with E-state index in [1.54, 1.807) is 6.20 Å². The highest BCUT2D eigenvalue weighted by molar-refractivity contribution is 5.89. The summed E-state index contributed by atoms with van der Waals surface area (Å²) in [6.45, 7) is 3.97. The van der Waals surface area contributed by atoms with Crippen LogP contribution in [0.1, 0.15) is 32.0 Å². The molecule has 1 N–H and O–H groups in total. The first-order valence-corrected chi connectivity index (χ1v) is 7.76. The van der Waals surface area contributed by atoms with Crippen LogP contribution in [0.5, 0.6) is 0 Å². The van der Waals surface area contributed by atoms with E-state index in [1.807, 2.05) is 11.1 Å². The van der Waals surface area contributed by atoms with Crippen molar-refractivity contribution in [1.29, 1.82) is 0 Å². The van der Waals surface area contributed by atoms with Crippen LogP contribution >= 0.6 is 0 Å². The number of aryl methyl sites for hydroxylation is 1. The maximum absolute atomic E-state index is 12.1. The second kappa shape index (κ2) is 5.87. The van der Waals surface area contributed by atoms with Crippen LogP contribution < -0.4 is 5.32 Å². The third-order valence-corrected chi connectivity index (χ3v) is 4.29. The number of rotatable bonds is 6. The fraction of sp³-hybridized carbons (Fsp3) is 0.667. The summed E-state index contributed by atoms with van der Waals surface area (Å²) in [5, 5.41) is 2.95. The van der Waals surface area contributed by atoms with Crippen molar-refractivity contribution in [2.24, 2.45) is 5.92 Å². The second-order valence-corrected chi connectivity index (χ2v) is 5.86. The fourth-order valence-electron chi connectivity index (χ4n) is 2.95. The van der Waals surface area contributed by atoms with E-state index in [2.05, 4.69) is 21.8 Å². The molecule has 114 valence electrons. The molecular formula is C15H22N4O2. The van der Waals surface area contributed by atoms with Gasteiger partial charge in [-0.15, -0.1) is 0 Å². The largest absolute Gasteiger partial charge is 0.354 e. The summed E-state index contributed by atoms with van der Waals surface area (Å²) < 4.78 is 2.05. The van der Waals surface area contributed by atoms with Crippen LogP contribution in [0.25, 0.3) is 0 Å². The zero-order valence-corrected chi connectivity index (χ0v) is 12.4. The lowest BCUT2D eigenvalue weighted by Gasteiger charge is -2.15. The Morgan fingerprint density at radius 3 is 3.00 bits per heavy atom. The summed E-state index contributed by atoms with van der Waals surface area (Å²) in [5.74, 6) is 0.997. The number of hydrogen-bond acceptors (Lipinski definition) is 3. The lowest BCUT2D eigenvalue weighted by Crippen LogP contribution is -2.35. The Kier molecular flexibility index (Phi) is 3.94. The van der Waals surface area contributed by atoms with E-state index in [9.17, 15) is 9.59 Å². The average molecular weight is 290 g/mol. The van der Waals surface area contributed by atoms with Gasteiger partial charge in [0.1, 0.15) is 5.82 Å². The second-order valence-electron chi connectivity index (χ2n) is 5.86. The molecule has 0 radical (unpaired) electrons. The van der Waals surface area contributed by atoms with E-state index >= 15 is 0 Å². The van der Waals surface area contributed by atoms with E-state index in [0.717, 1.165) is 31.6 Å². The molecule has 0 aromatic carbocycles. The number of likely N-dealkylation sites (tertiary alicyclic amines) is 1. The van der Waals surface area contributed by atoms with Crippen LogP contribution in [0.4, 0.5) is 0 Å². The van der Waals surface area contributed by atoms with E-state index < -0.39 is 0 Å². The molecule has 2 aliphatic rings. The van der Waals surface area contributed by atoms with Crippen molar-refractivity contribution in [2.75, 3.05) is 13.1 Å². The van der Waals surface area contributed by atoms with Crippen molar-refractivity contribution in [1.82, 2.24) is 19.8 Å². The number of nitrogens with one attached hydrogen (secondary N) is 1. The molecule has 1 aliphatic heterocycles. The summed E-state index contributed by atoms with van der Waals surface area (Å²) in [6, 6.07) is 0.411. The van der Waals surface area contributed by atoms with E-state index in [4.69, 9.17) is 0 Å². The maximum atomic E-state index is 12.1. The minimum absolute atomic E-state index is 0.00432. The minimum atomic E-state index is -0.175. The van der Waals surface area contributed by atoms with Crippen LogP contribution in [0.3, 0.4) is 0 Å². The summed E-state index contributed by atoms with van der Waals surface area (Å²) in [4.78, 5) is 30.1. The van der Waals surface area contributed by atoms with Gasteiger partial charge in [0.2, 0.25) is 11.8 Å². The molecule has 1 saturated heterocycles. The molecule has 2 amide bonds. The molecule has 21 heavy (non-hydrogen) atoms. The number of carbonyl (C=O) groups is 2. The Hall–Kier alpha value is -1.85. The topological polar surface area (TPSA) is 67.2 Å². The number of nitrogens with zero attached hydrogens (tertiary/aromatic N) is 3. The number of amides is 2. The van der Waals surface area contributed by atoms with Gasteiger partial charge in [-0.2, -0.15) is 0 Å². The molecule has 1 aromatic rings. The SMILES string of the molecule is CCc1nccn1CCNC(=O)[C@@H]1CC(=O)N(C2CC2)C1. The van der Waals surface area contributed by atoms with Gasteiger partial charge in [-0.1, -0.05) is 6.92 Å². The van der Waals surface area contributed by atoms with Gasteiger partial charge in [-0.3, -0.25) is 9.59 Å². The van der Waals surface area contributed by atoms with Crippen LogP contribution in [-0.2, 0) is 22.6 Å². The Morgan fingerprint density at radius 2 is 2.29 bits per heavy atom. The van der Waals surface area contributed by atoms with Gasteiger partial charge < -0.3 is 14.8 Å². The Bertz CT molecular complexity index is 536. The van der Waals surface area contributed by atoms with Gasteiger partial charge in [0.25, 0.3) is 0 Å².